The molecule has 0 bridgehead atoms. The van der Waals surface area contributed by atoms with Crippen LogP contribution in [0.25, 0.3) is 0 Å². The van der Waals surface area contributed by atoms with Crippen LogP contribution in [-0.4, -0.2) is 37.1 Å². The van der Waals surface area contributed by atoms with Crippen molar-refractivity contribution in [1.82, 2.24) is 15.3 Å². The molecule has 3 N–H and O–H groups in total. The average molecular weight is 372 g/mol. The van der Waals surface area contributed by atoms with Gasteiger partial charge in [0.25, 0.3) is 11.5 Å². The molecule has 0 atom stereocenters. The number of rotatable bonds is 5. The maximum Gasteiger partial charge on any atom is 0.326 e. The van der Waals surface area contributed by atoms with Crippen LogP contribution < -0.4 is 16.6 Å². The fraction of sp³-hybridized carbons (Fsp3) is 0.214. The van der Waals surface area contributed by atoms with Crippen LogP contribution in [0.2, 0.25) is 5.02 Å². The summed E-state index contributed by atoms with van der Waals surface area (Å²) >= 11 is 6.04. The van der Waals surface area contributed by atoms with Gasteiger partial charge < -0.3 is 10.3 Å². The largest absolute Gasteiger partial charge is 0.350 e. The van der Waals surface area contributed by atoms with Gasteiger partial charge in [0.1, 0.15) is 5.69 Å². The van der Waals surface area contributed by atoms with Crippen molar-refractivity contribution in [2.45, 2.75) is 11.3 Å². The molecule has 10 heteroatoms. The summed E-state index contributed by atoms with van der Waals surface area (Å²) in [6, 6.07) is 5.33. The minimum absolute atomic E-state index is 0.112. The standard InChI is InChI=1S/C14H14ClN3O5S/c1-24(22,23)9-3-2-8(10(15)6-9)4-5-16-13(20)11-7-12(19)18-14(21)17-11/h2-3,6-7H,4-5H2,1H3,(H,16,20)(H2,17,18,19,21). The van der Waals surface area contributed by atoms with Crippen molar-refractivity contribution in [3.05, 3.63) is 61.4 Å². The Hall–Kier alpha value is -2.39. The Labute approximate surface area is 141 Å². The molecule has 2 aromatic rings. The van der Waals surface area contributed by atoms with Crippen LogP contribution in [0.15, 0.2) is 38.8 Å². The first-order chi connectivity index (χ1) is 11.2. The highest BCUT2D eigenvalue weighted by atomic mass is 35.5. The highest BCUT2D eigenvalue weighted by Crippen LogP contribution is 2.21. The van der Waals surface area contributed by atoms with Crippen molar-refractivity contribution in [3.8, 4) is 0 Å². The molecule has 0 spiro atoms. The maximum atomic E-state index is 11.9. The van der Waals surface area contributed by atoms with E-state index in [1.807, 2.05) is 4.98 Å². The van der Waals surface area contributed by atoms with E-state index in [0.717, 1.165) is 12.3 Å². The zero-order valence-corrected chi connectivity index (χ0v) is 14.1. The van der Waals surface area contributed by atoms with Gasteiger partial charge in [-0.3, -0.25) is 14.6 Å². The molecule has 0 aliphatic heterocycles. The Morgan fingerprint density at radius 3 is 2.50 bits per heavy atom. The van der Waals surface area contributed by atoms with Crippen LogP contribution in [-0.2, 0) is 16.3 Å². The van der Waals surface area contributed by atoms with E-state index in [1.165, 1.54) is 12.1 Å². The van der Waals surface area contributed by atoms with Gasteiger partial charge in [-0.15, -0.1) is 0 Å². The van der Waals surface area contributed by atoms with Crippen molar-refractivity contribution in [2.75, 3.05) is 12.8 Å². The van der Waals surface area contributed by atoms with Crippen LogP contribution in [0, 0.1) is 0 Å². The number of benzene rings is 1. The lowest BCUT2D eigenvalue weighted by molar-refractivity contribution is 0.0948. The summed E-state index contributed by atoms with van der Waals surface area (Å²) in [4.78, 5) is 38.4. The molecule has 1 aromatic heterocycles. The number of nitrogens with one attached hydrogen (secondary N) is 3. The molecule has 0 fully saturated rings. The summed E-state index contributed by atoms with van der Waals surface area (Å²) < 4.78 is 22.9. The molecule has 0 saturated carbocycles. The molecular weight excluding hydrogens is 358 g/mol. The average Bonchev–Trinajstić information content (AvgIpc) is 2.46. The van der Waals surface area contributed by atoms with Crippen LogP contribution in [0.3, 0.4) is 0 Å². The van der Waals surface area contributed by atoms with Gasteiger partial charge in [0.2, 0.25) is 0 Å². The van der Waals surface area contributed by atoms with Crippen molar-refractivity contribution in [2.24, 2.45) is 0 Å². The summed E-state index contributed by atoms with van der Waals surface area (Å²) in [5.74, 6) is -0.609. The van der Waals surface area contributed by atoms with Gasteiger partial charge in [-0.25, -0.2) is 13.2 Å². The molecule has 1 amide bonds. The number of H-pyrrole nitrogens is 2. The van der Waals surface area contributed by atoms with Crippen molar-refractivity contribution < 1.29 is 13.2 Å². The third-order valence-electron chi connectivity index (χ3n) is 3.14. The van der Waals surface area contributed by atoms with Gasteiger partial charge >= 0.3 is 5.69 Å². The Morgan fingerprint density at radius 1 is 1.21 bits per heavy atom. The van der Waals surface area contributed by atoms with E-state index >= 15 is 0 Å². The Bertz CT molecular complexity index is 966. The van der Waals surface area contributed by atoms with E-state index in [9.17, 15) is 22.8 Å². The zero-order chi connectivity index (χ0) is 17.9. The topological polar surface area (TPSA) is 129 Å². The first kappa shape index (κ1) is 18.0. The number of hydrogen-bond donors (Lipinski definition) is 3. The minimum atomic E-state index is -3.34. The predicted octanol–water partition coefficient (Wildman–Crippen LogP) is 0.0926. The summed E-state index contributed by atoms with van der Waals surface area (Å²) in [6.45, 7) is 0.186. The van der Waals surface area contributed by atoms with Crippen LogP contribution >= 0.6 is 11.6 Å². The lowest BCUT2D eigenvalue weighted by Crippen LogP contribution is -2.32. The number of hydrogen-bond acceptors (Lipinski definition) is 5. The molecule has 0 saturated heterocycles. The van der Waals surface area contributed by atoms with E-state index < -0.39 is 27.0 Å². The Kier molecular flexibility index (Phi) is 5.25. The predicted molar refractivity (Wildman–Crippen MR) is 88.3 cm³/mol. The number of aromatic amines is 2. The molecule has 1 aromatic carbocycles. The van der Waals surface area contributed by atoms with Crippen molar-refractivity contribution in [1.29, 1.82) is 0 Å². The zero-order valence-electron chi connectivity index (χ0n) is 12.6. The molecule has 24 heavy (non-hydrogen) atoms. The SMILES string of the molecule is CS(=O)(=O)c1ccc(CCNC(=O)c2cc(=O)[nH]c(=O)[nH]2)c(Cl)c1. The quantitative estimate of drug-likeness (QED) is 0.686. The number of carbonyl (C=O) groups excluding carboxylic acids is 1. The van der Waals surface area contributed by atoms with E-state index in [4.69, 9.17) is 11.6 Å². The van der Waals surface area contributed by atoms with Gasteiger partial charge in [-0.05, 0) is 24.1 Å². The van der Waals surface area contributed by atoms with Crippen molar-refractivity contribution in [3.63, 3.8) is 0 Å². The lowest BCUT2D eigenvalue weighted by Gasteiger charge is -2.08. The van der Waals surface area contributed by atoms with Gasteiger partial charge in [-0.1, -0.05) is 17.7 Å². The third-order valence-corrected chi connectivity index (χ3v) is 4.60. The second kappa shape index (κ2) is 7.02. The first-order valence-corrected chi connectivity index (χ1v) is 9.04. The van der Waals surface area contributed by atoms with Gasteiger partial charge in [-0.2, -0.15) is 0 Å². The molecule has 0 unspecified atom stereocenters. The first-order valence-electron chi connectivity index (χ1n) is 6.77. The number of sulfone groups is 1. The monoisotopic (exact) mass is 371 g/mol. The molecule has 8 nitrogen and oxygen atoms in total. The Morgan fingerprint density at radius 2 is 1.92 bits per heavy atom. The Balaban J connectivity index is 2.03. The van der Waals surface area contributed by atoms with Gasteiger partial charge in [0, 0.05) is 23.9 Å². The van der Waals surface area contributed by atoms with Crippen LogP contribution in [0.5, 0.6) is 0 Å². The summed E-state index contributed by atoms with van der Waals surface area (Å²) in [6.07, 6.45) is 1.43. The van der Waals surface area contributed by atoms with E-state index in [2.05, 4.69) is 10.3 Å². The molecule has 0 aliphatic rings. The number of halogens is 1. The van der Waals surface area contributed by atoms with E-state index in [1.54, 1.807) is 6.07 Å². The van der Waals surface area contributed by atoms with E-state index in [-0.39, 0.29) is 22.2 Å². The minimum Gasteiger partial charge on any atom is -0.350 e. The van der Waals surface area contributed by atoms with Gasteiger partial charge in [0.15, 0.2) is 9.84 Å². The molecule has 0 radical (unpaired) electrons. The molecule has 1 heterocycles. The number of amides is 1. The number of carbonyl (C=O) groups is 1. The highest BCUT2D eigenvalue weighted by molar-refractivity contribution is 7.90. The normalized spacial score (nSPS) is 11.2. The van der Waals surface area contributed by atoms with Crippen LogP contribution in [0.1, 0.15) is 16.1 Å². The highest BCUT2D eigenvalue weighted by Gasteiger charge is 2.11. The fourth-order valence-electron chi connectivity index (χ4n) is 1.96. The van der Waals surface area contributed by atoms with Crippen molar-refractivity contribution >= 4 is 27.3 Å². The molecule has 128 valence electrons. The third kappa shape index (κ3) is 4.56. The lowest BCUT2D eigenvalue weighted by atomic mass is 10.1. The molecule has 0 aliphatic carbocycles. The fourth-order valence-corrected chi connectivity index (χ4v) is 2.95. The molecule has 2 rings (SSSR count). The maximum absolute atomic E-state index is 11.9. The van der Waals surface area contributed by atoms with E-state index in [0.29, 0.717) is 12.0 Å². The summed E-state index contributed by atoms with van der Waals surface area (Å²) in [5.41, 5.74) is -0.943. The summed E-state index contributed by atoms with van der Waals surface area (Å²) in [5, 5.41) is 2.81. The van der Waals surface area contributed by atoms with Crippen LogP contribution in [0.4, 0.5) is 0 Å². The summed E-state index contributed by atoms with van der Waals surface area (Å²) in [7, 11) is -3.34. The smallest absolute Gasteiger partial charge is 0.326 e. The second-order valence-electron chi connectivity index (χ2n) is 5.03. The van der Waals surface area contributed by atoms with Gasteiger partial charge in [0.05, 0.1) is 4.90 Å². The molecular formula is C14H14ClN3O5S. The number of aromatic nitrogens is 2. The second-order valence-corrected chi connectivity index (χ2v) is 7.46.